The normalized spacial score (nSPS) is 11.9. The first-order chi connectivity index (χ1) is 10.9. The highest BCUT2D eigenvalue weighted by atomic mass is 19.4. The molecule has 0 aromatic heterocycles. The van der Waals surface area contributed by atoms with Crippen LogP contribution in [-0.4, -0.2) is 12.3 Å². The highest BCUT2D eigenvalue weighted by Crippen LogP contribution is 2.29. The molecule has 0 amide bonds. The molecule has 2 aromatic rings. The molecule has 0 atom stereocenters. The summed E-state index contributed by atoms with van der Waals surface area (Å²) in [5.74, 6) is 0.695. The average molecular weight is 322 g/mol. The van der Waals surface area contributed by atoms with Gasteiger partial charge in [0.25, 0.3) is 0 Å². The van der Waals surface area contributed by atoms with E-state index in [4.69, 9.17) is 4.74 Å². The first-order valence-electron chi connectivity index (χ1n) is 7.08. The van der Waals surface area contributed by atoms with Gasteiger partial charge in [0, 0.05) is 5.56 Å². The van der Waals surface area contributed by atoms with Crippen molar-refractivity contribution >= 4 is 11.9 Å². The number of benzene rings is 2. The molecular weight excluding hydrogens is 305 g/mol. The number of hydrogen-bond acceptors (Lipinski definition) is 3. The minimum absolute atomic E-state index is 0.0347. The summed E-state index contributed by atoms with van der Waals surface area (Å²) in [6, 6.07) is 12.1. The molecule has 3 nitrogen and oxygen atoms in total. The number of rotatable bonds is 5. The van der Waals surface area contributed by atoms with E-state index in [-0.39, 0.29) is 6.10 Å². The number of halogens is 3. The third-order valence-corrected chi connectivity index (χ3v) is 2.89. The van der Waals surface area contributed by atoms with E-state index >= 15 is 0 Å². The minimum Gasteiger partial charge on any atom is -0.490 e. The van der Waals surface area contributed by atoms with Gasteiger partial charge in [0.15, 0.2) is 0 Å². The van der Waals surface area contributed by atoms with Crippen molar-refractivity contribution in [3.8, 4) is 5.75 Å². The van der Waals surface area contributed by atoms with Gasteiger partial charge in [-0.1, -0.05) is 12.1 Å². The highest BCUT2D eigenvalue weighted by Gasteiger charge is 2.29. The van der Waals surface area contributed by atoms with Crippen LogP contribution in [0.5, 0.6) is 5.75 Å². The number of para-hydroxylation sites is 1. The number of anilines is 1. The number of nitrogens with one attached hydrogen (secondary N) is 1. The first-order valence-corrected chi connectivity index (χ1v) is 7.08. The zero-order valence-electron chi connectivity index (χ0n) is 12.8. The van der Waals surface area contributed by atoms with Crippen molar-refractivity contribution in [3.63, 3.8) is 0 Å². The van der Waals surface area contributed by atoms with Crippen LogP contribution in [0, 0.1) is 0 Å². The van der Waals surface area contributed by atoms with E-state index in [1.165, 1.54) is 12.1 Å². The molecule has 0 heterocycles. The lowest BCUT2D eigenvalue weighted by atomic mass is 10.2. The van der Waals surface area contributed by atoms with Crippen LogP contribution in [0.1, 0.15) is 25.0 Å². The van der Waals surface area contributed by atoms with Crippen molar-refractivity contribution in [1.82, 2.24) is 0 Å². The summed E-state index contributed by atoms with van der Waals surface area (Å²) in [6.45, 7) is 3.85. The highest BCUT2D eigenvalue weighted by molar-refractivity contribution is 5.84. The third kappa shape index (κ3) is 5.02. The van der Waals surface area contributed by atoms with Gasteiger partial charge in [-0.15, -0.1) is 0 Å². The summed E-state index contributed by atoms with van der Waals surface area (Å²) in [7, 11) is 0. The van der Waals surface area contributed by atoms with Crippen LogP contribution in [-0.2, 0) is 6.18 Å². The Balaban J connectivity index is 2.05. The van der Waals surface area contributed by atoms with Crippen molar-refractivity contribution in [2.45, 2.75) is 26.1 Å². The summed E-state index contributed by atoms with van der Waals surface area (Å²) < 4.78 is 43.1. The van der Waals surface area contributed by atoms with Gasteiger partial charge in [0.05, 0.1) is 23.6 Å². The van der Waals surface area contributed by atoms with Gasteiger partial charge in [0.2, 0.25) is 0 Å². The van der Waals surface area contributed by atoms with Gasteiger partial charge in [-0.05, 0) is 50.2 Å². The van der Waals surface area contributed by atoms with Crippen LogP contribution >= 0.6 is 0 Å². The second kappa shape index (κ2) is 7.17. The van der Waals surface area contributed by atoms with E-state index in [0.29, 0.717) is 11.4 Å². The van der Waals surface area contributed by atoms with Crippen LogP contribution in [0.3, 0.4) is 0 Å². The van der Waals surface area contributed by atoms with Crippen LogP contribution in [0.4, 0.5) is 18.9 Å². The molecule has 0 fully saturated rings. The quantitative estimate of drug-likeness (QED) is 0.625. The van der Waals surface area contributed by atoms with Gasteiger partial charge in [-0.3, -0.25) is 5.43 Å². The number of alkyl halides is 3. The Labute approximate surface area is 132 Å². The zero-order valence-corrected chi connectivity index (χ0v) is 12.8. The molecule has 0 aliphatic rings. The molecule has 23 heavy (non-hydrogen) atoms. The number of ether oxygens (including phenoxy) is 1. The first kappa shape index (κ1) is 16.9. The molecule has 0 bridgehead atoms. The molecule has 0 unspecified atom stereocenters. The summed E-state index contributed by atoms with van der Waals surface area (Å²) in [6.07, 6.45) is -2.74. The maximum Gasteiger partial charge on any atom is 0.416 e. The lowest BCUT2D eigenvalue weighted by Gasteiger charge is -2.11. The molecule has 0 saturated carbocycles. The van der Waals surface area contributed by atoms with Crippen molar-refractivity contribution in [3.05, 3.63) is 59.7 Å². The number of nitrogens with zero attached hydrogens (tertiary/aromatic N) is 1. The van der Waals surface area contributed by atoms with Crippen LogP contribution in [0.25, 0.3) is 0 Å². The van der Waals surface area contributed by atoms with Crippen molar-refractivity contribution < 1.29 is 17.9 Å². The predicted molar refractivity (Wildman–Crippen MR) is 84.9 cm³/mol. The smallest absolute Gasteiger partial charge is 0.416 e. The zero-order chi connectivity index (χ0) is 16.9. The molecule has 122 valence electrons. The predicted octanol–water partition coefficient (Wildman–Crippen LogP) is 4.94. The molecule has 0 saturated heterocycles. The molecule has 0 radical (unpaired) electrons. The second-order valence-corrected chi connectivity index (χ2v) is 5.15. The largest absolute Gasteiger partial charge is 0.490 e. The van der Waals surface area contributed by atoms with E-state index < -0.39 is 11.7 Å². The maximum atomic E-state index is 12.5. The monoisotopic (exact) mass is 322 g/mol. The third-order valence-electron chi connectivity index (χ3n) is 2.89. The van der Waals surface area contributed by atoms with E-state index in [2.05, 4.69) is 10.5 Å². The fraction of sp³-hybridized carbons (Fsp3) is 0.235. The molecule has 2 rings (SSSR count). The summed E-state index contributed by atoms with van der Waals surface area (Å²) >= 11 is 0. The molecule has 6 heteroatoms. The fourth-order valence-electron chi connectivity index (χ4n) is 1.86. The molecular formula is C17H17F3N2O. The molecule has 0 aliphatic carbocycles. The van der Waals surface area contributed by atoms with Gasteiger partial charge >= 0.3 is 6.18 Å². The molecule has 0 spiro atoms. The van der Waals surface area contributed by atoms with Gasteiger partial charge < -0.3 is 4.74 Å². The van der Waals surface area contributed by atoms with Crippen LogP contribution in [0.15, 0.2) is 53.6 Å². The molecule has 1 N–H and O–H groups in total. The van der Waals surface area contributed by atoms with Crippen LogP contribution in [0.2, 0.25) is 0 Å². The second-order valence-electron chi connectivity index (χ2n) is 5.15. The van der Waals surface area contributed by atoms with E-state index in [9.17, 15) is 13.2 Å². The Bertz CT molecular complexity index is 664. The summed E-state index contributed by atoms with van der Waals surface area (Å²) in [4.78, 5) is 0. The Kier molecular flexibility index (Phi) is 5.26. The van der Waals surface area contributed by atoms with Gasteiger partial charge in [-0.25, -0.2) is 0 Å². The number of hydrazone groups is 1. The summed E-state index contributed by atoms with van der Waals surface area (Å²) in [5, 5.41) is 4.04. The van der Waals surface area contributed by atoms with Crippen molar-refractivity contribution in [2.24, 2.45) is 5.10 Å². The van der Waals surface area contributed by atoms with E-state index in [1.807, 2.05) is 38.1 Å². The topological polar surface area (TPSA) is 33.6 Å². The lowest BCUT2D eigenvalue weighted by molar-refractivity contribution is -0.137. The minimum atomic E-state index is -4.34. The Morgan fingerprint density at radius 2 is 1.70 bits per heavy atom. The molecule has 2 aromatic carbocycles. The van der Waals surface area contributed by atoms with Gasteiger partial charge in [0.1, 0.15) is 5.75 Å². The van der Waals surface area contributed by atoms with Crippen molar-refractivity contribution in [2.75, 3.05) is 5.43 Å². The molecule has 0 aliphatic heterocycles. The maximum absolute atomic E-state index is 12.5. The standard InChI is InChI=1S/C17H17F3N2O/c1-12(2)23-16-6-4-3-5-13(16)11-21-22-15-9-7-14(8-10-15)17(18,19)20/h3-12,22H,1-2H3. The number of hydrogen-bond donors (Lipinski definition) is 1. The average Bonchev–Trinajstić information content (AvgIpc) is 2.48. The van der Waals surface area contributed by atoms with Crippen LogP contribution < -0.4 is 10.2 Å². The lowest BCUT2D eigenvalue weighted by Crippen LogP contribution is -2.07. The Hall–Kier alpha value is -2.50. The Morgan fingerprint density at radius 3 is 2.30 bits per heavy atom. The van der Waals surface area contributed by atoms with E-state index in [1.54, 1.807) is 6.21 Å². The Morgan fingerprint density at radius 1 is 1.04 bits per heavy atom. The van der Waals surface area contributed by atoms with Crippen molar-refractivity contribution in [1.29, 1.82) is 0 Å². The fourth-order valence-corrected chi connectivity index (χ4v) is 1.86. The SMILES string of the molecule is CC(C)Oc1ccccc1C=NNc1ccc(C(F)(F)F)cc1. The van der Waals surface area contributed by atoms with E-state index in [0.717, 1.165) is 17.7 Å². The van der Waals surface area contributed by atoms with Gasteiger partial charge in [-0.2, -0.15) is 18.3 Å². The summed E-state index contributed by atoms with van der Waals surface area (Å²) in [5.41, 5.74) is 3.25.